The van der Waals surface area contributed by atoms with Gasteiger partial charge in [0.05, 0.1) is 11.5 Å². The molecule has 0 saturated carbocycles. The van der Waals surface area contributed by atoms with Gasteiger partial charge in [-0.15, -0.1) is 0 Å². The Morgan fingerprint density at radius 2 is 1.59 bits per heavy atom. The molecule has 1 N–H and O–H groups in total. The Hall–Kier alpha value is -4.39. The highest BCUT2D eigenvalue weighted by Gasteiger charge is 2.22. The molecule has 0 aliphatic carbocycles. The maximum Gasteiger partial charge on any atom is 0.414 e. The van der Waals surface area contributed by atoms with E-state index in [2.05, 4.69) is 0 Å². The number of rotatable bonds is 6. The van der Waals surface area contributed by atoms with E-state index in [4.69, 9.17) is 4.74 Å². The van der Waals surface area contributed by atoms with Crippen molar-refractivity contribution in [3.8, 4) is 5.75 Å². The molecule has 4 aromatic rings. The van der Waals surface area contributed by atoms with Crippen molar-refractivity contribution in [1.29, 1.82) is 0 Å². The molecule has 0 saturated heterocycles. The van der Waals surface area contributed by atoms with Gasteiger partial charge in [-0.05, 0) is 34.5 Å². The Kier molecular flexibility index (Phi) is 5.98. The lowest BCUT2D eigenvalue weighted by Gasteiger charge is -2.23. The predicted molar refractivity (Wildman–Crippen MR) is 122 cm³/mol. The van der Waals surface area contributed by atoms with Crippen LogP contribution in [0.15, 0.2) is 91.0 Å². The van der Waals surface area contributed by atoms with Crippen LogP contribution in [0, 0.1) is 10.1 Å². The summed E-state index contributed by atoms with van der Waals surface area (Å²) in [6, 6.07) is 25.8. The average Bonchev–Trinajstić information content (AvgIpc) is 2.83. The van der Waals surface area contributed by atoms with Crippen molar-refractivity contribution in [3.63, 3.8) is 0 Å². The molecule has 160 valence electrons. The Morgan fingerprint density at radius 1 is 0.906 bits per heavy atom. The first kappa shape index (κ1) is 20.9. The summed E-state index contributed by atoms with van der Waals surface area (Å²) in [5.41, 5.74) is 1.72. The summed E-state index contributed by atoms with van der Waals surface area (Å²) in [4.78, 5) is 25.0. The van der Waals surface area contributed by atoms with E-state index >= 15 is 0 Å². The molecule has 7 nitrogen and oxygen atoms in total. The molecule has 0 spiro atoms. The second kappa shape index (κ2) is 9.18. The number of anilines is 1. The van der Waals surface area contributed by atoms with Gasteiger partial charge in [0.25, 0.3) is 5.69 Å². The van der Waals surface area contributed by atoms with E-state index in [1.807, 2.05) is 54.6 Å². The number of non-ortho nitro benzene ring substituents is 1. The number of amides is 1. The maximum atomic E-state index is 13.1. The van der Waals surface area contributed by atoms with Gasteiger partial charge in [0.2, 0.25) is 0 Å². The highest BCUT2D eigenvalue weighted by atomic mass is 16.6. The standard InChI is InChI=1S/C25H20N2O5/c28-24-15-10-19-8-4-5-9-22(19)23(24)16-26(20-11-13-21(14-12-20)27(30)31)25(29)32-17-18-6-2-1-3-7-18/h1-15,28H,16-17H2. The third-order valence-corrected chi connectivity index (χ3v) is 5.13. The van der Waals surface area contributed by atoms with Crippen molar-refractivity contribution in [2.24, 2.45) is 0 Å². The number of benzene rings is 4. The average molecular weight is 428 g/mol. The molecule has 0 fully saturated rings. The second-order valence-corrected chi connectivity index (χ2v) is 7.18. The quantitative estimate of drug-likeness (QED) is 0.310. The van der Waals surface area contributed by atoms with E-state index in [1.165, 1.54) is 29.2 Å². The number of hydrogen-bond acceptors (Lipinski definition) is 5. The summed E-state index contributed by atoms with van der Waals surface area (Å²) < 4.78 is 5.52. The normalized spacial score (nSPS) is 10.6. The van der Waals surface area contributed by atoms with E-state index < -0.39 is 11.0 Å². The monoisotopic (exact) mass is 428 g/mol. The molecule has 0 heterocycles. The fraction of sp³-hybridized carbons (Fsp3) is 0.0800. The summed E-state index contributed by atoms with van der Waals surface area (Å²) in [5, 5.41) is 23.3. The number of ether oxygens (including phenoxy) is 1. The third-order valence-electron chi connectivity index (χ3n) is 5.13. The summed E-state index contributed by atoms with van der Waals surface area (Å²) >= 11 is 0. The molecule has 0 radical (unpaired) electrons. The van der Waals surface area contributed by atoms with Crippen molar-refractivity contribution in [3.05, 3.63) is 112 Å². The number of carbonyl (C=O) groups excluding carboxylic acids is 1. The van der Waals surface area contributed by atoms with Gasteiger partial charge in [-0.3, -0.25) is 15.0 Å². The number of phenols is 1. The van der Waals surface area contributed by atoms with E-state index in [1.54, 1.807) is 12.1 Å². The van der Waals surface area contributed by atoms with Gasteiger partial charge < -0.3 is 9.84 Å². The van der Waals surface area contributed by atoms with Crippen molar-refractivity contribution in [2.75, 3.05) is 4.90 Å². The van der Waals surface area contributed by atoms with Gasteiger partial charge >= 0.3 is 6.09 Å². The summed E-state index contributed by atoms with van der Waals surface area (Å²) in [6.45, 7) is 0.100. The summed E-state index contributed by atoms with van der Waals surface area (Å²) in [7, 11) is 0. The van der Waals surface area contributed by atoms with Crippen LogP contribution in [0.2, 0.25) is 0 Å². The lowest BCUT2D eigenvalue weighted by atomic mass is 10.0. The Morgan fingerprint density at radius 3 is 2.31 bits per heavy atom. The SMILES string of the molecule is O=C(OCc1ccccc1)N(Cc1c(O)ccc2ccccc12)c1ccc([N+](=O)[O-])cc1. The summed E-state index contributed by atoms with van der Waals surface area (Å²) in [6.07, 6.45) is -0.630. The van der Waals surface area contributed by atoms with Crippen molar-refractivity contribution in [2.45, 2.75) is 13.2 Å². The third kappa shape index (κ3) is 4.52. The lowest BCUT2D eigenvalue weighted by molar-refractivity contribution is -0.384. The van der Waals surface area contributed by atoms with E-state index in [0.717, 1.165) is 16.3 Å². The molecule has 1 amide bonds. The largest absolute Gasteiger partial charge is 0.508 e. The smallest absolute Gasteiger partial charge is 0.414 e. The molecule has 7 heteroatoms. The van der Waals surface area contributed by atoms with Crippen LogP contribution in [0.25, 0.3) is 10.8 Å². The lowest BCUT2D eigenvalue weighted by Crippen LogP contribution is -2.31. The highest BCUT2D eigenvalue weighted by molar-refractivity contribution is 5.91. The molecule has 0 aliphatic rings. The zero-order chi connectivity index (χ0) is 22.5. The molecule has 0 aromatic heterocycles. The Balaban J connectivity index is 1.68. The number of nitro groups is 1. The molecule has 4 aromatic carbocycles. The molecule has 0 bridgehead atoms. The van der Waals surface area contributed by atoms with Gasteiger partial charge in [0.15, 0.2) is 0 Å². The van der Waals surface area contributed by atoms with Gasteiger partial charge in [-0.25, -0.2) is 4.79 Å². The Bertz CT molecular complexity index is 1260. The Labute approximate surface area is 184 Å². The van der Waals surface area contributed by atoms with Crippen molar-refractivity contribution < 1.29 is 19.6 Å². The zero-order valence-electron chi connectivity index (χ0n) is 17.0. The molecule has 0 unspecified atom stereocenters. The first-order chi connectivity index (χ1) is 15.5. The maximum absolute atomic E-state index is 13.1. The second-order valence-electron chi connectivity index (χ2n) is 7.18. The van der Waals surface area contributed by atoms with Crippen LogP contribution in [0.5, 0.6) is 5.75 Å². The minimum atomic E-state index is -0.630. The number of aromatic hydroxyl groups is 1. The number of hydrogen-bond donors (Lipinski definition) is 1. The number of fused-ring (bicyclic) bond motifs is 1. The van der Waals surface area contributed by atoms with Crippen LogP contribution in [-0.2, 0) is 17.9 Å². The highest BCUT2D eigenvalue weighted by Crippen LogP contribution is 2.31. The number of phenolic OH excluding ortho intramolecular Hbond substituents is 1. The molecular weight excluding hydrogens is 408 g/mol. The first-order valence-corrected chi connectivity index (χ1v) is 9.95. The first-order valence-electron chi connectivity index (χ1n) is 9.95. The molecule has 0 atom stereocenters. The number of nitrogens with zero attached hydrogens (tertiary/aromatic N) is 2. The topological polar surface area (TPSA) is 92.9 Å². The van der Waals surface area contributed by atoms with Crippen LogP contribution >= 0.6 is 0 Å². The van der Waals surface area contributed by atoms with Crippen LogP contribution in [-0.4, -0.2) is 16.1 Å². The van der Waals surface area contributed by atoms with Gasteiger partial charge in [0.1, 0.15) is 12.4 Å². The van der Waals surface area contributed by atoms with E-state index in [-0.39, 0.29) is 24.6 Å². The predicted octanol–water partition coefficient (Wildman–Crippen LogP) is 5.80. The number of nitro benzene ring substituents is 1. The van der Waals surface area contributed by atoms with Gasteiger partial charge in [-0.1, -0.05) is 60.7 Å². The van der Waals surface area contributed by atoms with Crippen molar-refractivity contribution in [1.82, 2.24) is 0 Å². The van der Waals surface area contributed by atoms with Crippen LogP contribution in [0.1, 0.15) is 11.1 Å². The van der Waals surface area contributed by atoms with Crippen LogP contribution in [0.3, 0.4) is 0 Å². The molecule has 0 aliphatic heterocycles. The number of carbonyl (C=O) groups is 1. The van der Waals surface area contributed by atoms with Gasteiger partial charge in [0, 0.05) is 23.4 Å². The van der Waals surface area contributed by atoms with Crippen molar-refractivity contribution >= 4 is 28.2 Å². The molecular formula is C25H20N2O5. The van der Waals surface area contributed by atoms with Crippen LogP contribution < -0.4 is 4.90 Å². The molecule has 32 heavy (non-hydrogen) atoms. The minimum Gasteiger partial charge on any atom is -0.508 e. The fourth-order valence-electron chi connectivity index (χ4n) is 3.46. The van der Waals surface area contributed by atoms with Gasteiger partial charge in [-0.2, -0.15) is 0 Å². The minimum absolute atomic E-state index is 0.0264. The van der Waals surface area contributed by atoms with E-state index in [9.17, 15) is 20.0 Å². The molecule has 4 rings (SSSR count). The fourth-order valence-corrected chi connectivity index (χ4v) is 3.46. The zero-order valence-corrected chi connectivity index (χ0v) is 17.0. The summed E-state index contributed by atoms with van der Waals surface area (Å²) in [5.74, 6) is 0.0477. The van der Waals surface area contributed by atoms with Crippen LogP contribution in [0.4, 0.5) is 16.2 Å². The van der Waals surface area contributed by atoms with E-state index in [0.29, 0.717) is 11.3 Å².